The second kappa shape index (κ2) is 11.0. The van der Waals surface area contributed by atoms with E-state index in [1.54, 1.807) is 0 Å². The molecule has 1 amide bonds. The number of amides is 1. The summed E-state index contributed by atoms with van der Waals surface area (Å²) >= 11 is 0. The van der Waals surface area contributed by atoms with Gasteiger partial charge in [0.2, 0.25) is 5.91 Å². The third-order valence-electron chi connectivity index (χ3n) is 6.52. The smallest absolute Gasteiger partial charge is 0.226 e. The number of hydrogen-bond acceptors (Lipinski definition) is 3. The van der Waals surface area contributed by atoms with Crippen molar-refractivity contribution in [2.75, 3.05) is 46.8 Å². The molecule has 1 aliphatic heterocycles. The van der Waals surface area contributed by atoms with E-state index >= 15 is 0 Å². The monoisotopic (exact) mass is 385 g/mol. The van der Waals surface area contributed by atoms with Gasteiger partial charge in [0, 0.05) is 32.1 Å². The average Bonchev–Trinajstić information content (AvgIpc) is 2.72. The van der Waals surface area contributed by atoms with E-state index in [-0.39, 0.29) is 5.92 Å². The highest BCUT2D eigenvalue weighted by Crippen LogP contribution is 2.27. The second-order valence-corrected chi connectivity index (χ2v) is 9.13. The van der Waals surface area contributed by atoms with E-state index in [2.05, 4.69) is 53.1 Å². The average molecular weight is 386 g/mol. The van der Waals surface area contributed by atoms with Crippen LogP contribution in [-0.2, 0) is 11.3 Å². The molecular formula is C24H39N3O. The minimum absolute atomic E-state index is 0.202. The summed E-state index contributed by atoms with van der Waals surface area (Å²) in [6.45, 7) is 5.91. The predicted octanol–water partition coefficient (Wildman–Crippen LogP) is 3.87. The van der Waals surface area contributed by atoms with E-state index < -0.39 is 0 Å². The molecule has 3 rings (SSSR count). The quantitative estimate of drug-likeness (QED) is 0.680. The number of carbonyl (C=O) groups excluding carboxylic acids is 1. The highest BCUT2D eigenvalue weighted by molar-refractivity contribution is 5.79. The first kappa shape index (κ1) is 21.3. The van der Waals surface area contributed by atoms with Gasteiger partial charge in [0.05, 0.1) is 0 Å². The fourth-order valence-electron chi connectivity index (χ4n) is 4.75. The molecule has 2 aliphatic rings. The van der Waals surface area contributed by atoms with E-state index in [1.807, 2.05) is 6.07 Å². The van der Waals surface area contributed by atoms with E-state index in [4.69, 9.17) is 0 Å². The van der Waals surface area contributed by atoms with Crippen molar-refractivity contribution in [2.24, 2.45) is 11.8 Å². The zero-order valence-electron chi connectivity index (χ0n) is 18.0. The van der Waals surface area contributed by atoms with Crippen molar-refractivity contribution >= 4 is 5.91 Å². The van der Waals surface area contributed by atoms with Gasteiger partial charge in [-0.15, -0.1) is 0 Å². The molecule has 0 spiro atoms. The first-order valence-corrected chi connectivity index (χ1v) is 11.3. The first-order valence-electron chi connectivity index (χ1n) is 11.3. The summed E-state index contributed by atoms with van der Waals surface area (Å²) in [7, 11) is 4.16. The maximum atomic E-state index is 13.3. The van der Waals surface area contributed by atoms with Crippen LogP contribution in [0, 0.1) is 11.8 Å². The summed E-state index contributed by atoms with van der Waals surface area (Å²) in [4.78, 5) is 20.2. The Balaban J connectivity index is 1.52. The van der Waals surface area contributed by atoms with Gasteiger partial charge in [0.15, 0.2) is 0 Å². The van der Waals surface area contributed by atoms with Crippen molar-refractivity contribution in [3.05, 3.63) is 35.9 Å². The molecule has 1 aliphatic carbocycles. The van der Waals surface area contributed by atoms with E-state index in [0.717, 1.165) is 51.5 Å². The summed E-state index contributed by atoms with van der Waals surface area (Å²) < 4.78 is 0. The Morgan fingerprint density at radius 1 is 0.964 bits per heavy atom. The third kappa shape index (κ3) is 6.59. The van der Waals surface area contributed by atoms with Crippen molar-refractivity contribution in [3.8, 4) is 0 Å². The second-order valence-electron chi connectivity index (χ2n) is 9.13. The van der Waals surface area contributed by atoms with Crippen LogP contribution in [0.4, 0.5) is 0 Å². The highest BCUT2D eigenvalue weighted by atomic mass is 16.2. The minimum atomic E-state index is 0.202. The largest absolute Gasteiger partial charge is 0.337 e. The van der Waals surface area contributed by atoms with Gasteiger partial charge < -0.3 is 14.7 Å². The summed E-state index contributed by atoms with van der Waals surface area (Å²) in [5.74, 6) is 1.46. The molecule has 1 saturated heterocycles. The molecule has 4 nitrogen and oxygen atoms in total. The molecule has 28 heavy (non-hydrogen) atoms. The van der Waals surface area contributed by atoms with Crippen LogP contribution < -0.4 is 0 Å². The van der Waals surface area contributed by atoms with Crippen molar-refractivity contribution in [3.63, 3.8) is 0 Å². The molecular weight excluding hydrogens is 346 g/mol. The zero-order chi connectivity index (χ0) is 19.8. The Morgan fingerprint density at radius 2 is 1.64 bits per heavy atom. The molecule has 2 fully saturated rings. The number of piperidine rings is 1. The molecule has 0 N–H and O–H groups in total. The van der Waals surface area contributed by atoms with Gasteiger partial charge in [0.25, 0.3) is 0 Å². The van der Waals surface area contributed by atoms with Crippen LogP contribution in [0.15, 0.2) is 30.3 Å². The fraction of sp³-hybridized carbons (Fsp3) is 0.708. The van der Waals surface area contributed by atoms with Crippen LogP contribution in [0.3, 0.4) is 0 Å². The Bertz CT molecular complexity index is 575. The van der Waals surface area contributed by atoms with Gasteiger partial charge in [-0.25, -0.2) is 0 Å². The first-order chi connectivity index (χ1) is 13.6. The Hall–Kier alpha value is -1.39. The van der Waals surface area contributed by atoms with Gasteiger partial charge in [-0.3, -0.25) is 4.79 Å². The van der Waals surface area contributed by atoms with E-state index in [0.29, 0.717) is 5.91 Å². The molecule has 0 aromatic heterocycles. The summed E-state index contributed by atoms with van der Waals surface area (Å²) in [5, 5.41) is 0. The van der Waals surface area contributed by atoms with Crippen molar-refractivity contribution in [2.45, 2.75) is 51.5 Å². The van der Waals surface area contributed by atoms with Crippen molar-refractivity contribution in [1.29, 1.82) is 0 Å². The number of benzene rings is 1. The highest BCUT2D eigenvalue weighted by Gasteiger charge is 2.29. The lowest BCUT2D eigenvalue weighted by atomic mass is 9.87. The van der Waals surface area contributed by atoms with E-state index in [9.17, 15) is 4.79 Å². The Labute approximate surface area is 171 Å². The molecule has 1 aromatic rings. The SMILES string of the molecule is CN(C)CCN(Cc1ccccc1)C(=O)C1CCN(CC2CCCCC2)CC1. The fourth-order valence-corrected chi connectivity index (χ4v) is 4.75. The molecule has 4 heteroatoms. The summed E-state index contributed by atoms with van der Waals surface area (Å²) in [6.07, 6.45) is 9.14. The molecule has 0 radical (unpaired) electrons. The van der Waals surface area contributed by atoms with E-state index in [1.165, 1.54) is 44.2 Å². The van der Waals surface area contributed by atoms with Crippen LogP contribution in [0.25, 0.3) is 0 Å². The van der Waals surface area contributed by atoms with Crippen molar-refractivity contribution < 1.29 is 4.79 Å². The van der Waals surface area contributed by atoms with Crippen LogP contribution in [0.5, 0.6) is 0 Å². The van der Waals surface area contributed by atoms with Crippen LogP contribution >= 0.6 is 0 Å². The summed E-state index contributed by atoms with van der Waals surface area (Å²) in [5.41, 5.74) is 1.23. The number of hydrogen-bond donors (Lipinski definition) is 0. The lowest BCUT2D eigenvalue weighted by molar-refractivity contribution is -0.138. The van der Waals surface area contributed by atoms with Crippen LogP contribution in [0.1, 0.15) is 50.5 Å². The molecule has 0 unspecified atom stereocenters. The van der Waals surface area contributed by atoms with Gasteiger partial charge >= 0.3 is 0 Å². The maximum absolute atomic E-state index is 13.3. The maximum Gasteiger partial charge on any atom is 0.226 e. The van der Waals surface area contributed by atoms with Gasteiger partial charge in [-0.2, -0.15) is 0 Å². The standard InChI is InChI=1S/C24H39N3O/c1-25(2)17-18-27(20-22-11-7-4-8-12-22)24(28)23-13-15-26(16-14-23)19-21-9-5-3-6-10-21/h4,7-8,11-12,21,23H,3,5-6,9-10,13-20H2,1-2H3. The number of nitrogens with zero attached hydrogens (tertiary/aromatic N) is 3. The number of likely N-dealkylation sites (N-methyl/N-ethyl adjacent to an activating group) is 1. The van der Waals surface area contributed by atoms with Gasteiger partial charge in [0.1, 0.15) is 0 Å². The molecule has 1 saturated carbocycles. The Morgan fingerprint density at radius 3 is 2.29 bits per heavy atom. The third-order valence-corrected chi connectivity index (χ3v) is 6.52. The topological polar surface area (TPSA) is 26.8 Å². The van der Waals surface area contributed by atoms with Crippen LogP contribution in [-0.4, -0.2) is 67.4 Å². The lowest BCUT2D eigenvalue weighted by Gasteiger charge is -2.36. The zero-order valence-corrected chi connectivity index (χ0v) is 18.0. The molecule has 1 aromatic carbocycles. The normalized spacial score (nSPS) is 19.8. The Kier molecular flexibility index (Phi) is 8.35. The molecule has 0 bridgehead atoms. The number of rotatable bonds is 8. The molecule has 0 atom stereocenters. The summed E-state index contributed by atoms with van der Waals surface area (Å²) in [6, 6.07) is 10.4. The van der Waals surface area contributed by atoms with Crippen molar-refractivity contribution in [1.82, 2.24) is 14.7 Å². The number of carbonyl (C=O) groups is 1. The number of likely N-dealkylation sites (tertiary alicyclic amines) is 1. The lowest BCUT2D eigenvalue weighted by Crippen LogP contribution is -2.45. The minimum Gasteiger partial charge on any atom is -0.337 e. The van der Waals surface area contributed by atoms with Gasteiger partial charge in [-0.1, -0.05) is 49.6 Å². The van der Waals surface area contributed by atoms with Crippen LogP contribution in [0.2, 0.25) is 0 Å². The van der Waals surface area contributed by atoms with Gasteiger partial charge in [-0.05, 0) is 64.3 Å². The molecule has 156 valence electrons. The molecule has 1 heterocycles. The predicted molar refractivity (Wildman–Crippen MR) is 116 cm³/mol.